The molecule has 0 radical (unpaired) electrons. The van der Waals surface area contributed by atoms with Gasteiger partial charge in [-0.15, -0.1) is 0 Å². The Morgan fingerprint density at radius 3 is 2.44 bits per heavy atom. The summed E-state index contributed by atoms with van der Waals surface area (Å²) in [6, 6.07) is -0.361. The fourth-order valence-electron chi connectivity index (χ4n) is 1.40. The van der Waals surface area contributed by atoms with Crippen molar-refractivity contribution in [1.29, 1.82) is 0 Å². The molecule has 0 bridgehead atoms. The van der Waals surface area contributed by atoms with Crippen LogP contribution in [-0.2, 0) is 9.53 Å². The molecule has 0 fully saturated rings. The van der Waals surface area contributed by atoms with Crippen LogP contribution in [0.2, 0.25) is 0 Å². The van der Waals surface area contributed by atoms with Crippen LogP contribution < -0.4 is 5.32 Å². The van der Waals surface area contributed by atoms with Gasteiger partial charge in [-0.25, -0.2) is 0 Å². The number of halogens is 3. The number of carbonyl (C=O) groups excluding carboxylic acids is 1. The van der Waals surface area contributed by atoms with Gasteiger partial charge in [0.1, 0.15) is 6.61 Å². The largest absolute Gasteiger partial charge is 0.411 e. The van der Waals surface area contributed by atoms with Gasteiger partial charge in [0.2, 0.25) is 5.91 Å². The molecule has 4 nitrogen and oxygen atoms in total. The van der Waals surface area contributed by atoms with Gasteiger partial charge in [0.25, 0.3) is 0 Å². The van der Waals surface area contributed by atoms with Gasteiger partial charge in [0.15, 0.2) is 0 Å². The summed E-state index contributed by atoms with van der Waals surface area (Å²) in [6.07, 6.45) is -3.90. The molecule has 0 aliphatic rings. The lowest BCUT2D eigenvalue weighted by atomic mass is 10.0. The maximum atomic E-state index is 11.7. The van der Waals surface area contributed by atoms with E-state index in [1.165, 1.54) is 0 Å². The van der Waals surface area contributed by atoms with Crippen molar-refractivity contribution in [2.75, 3.05) is 19.8 Å². The molecule has 0 rings (SSSR count). The highest BCUT2D eigenvalue weighted by molar-refractivity contribution is 5.76. The summed E-state index contributed by atoms with van der Waals surface area (Å²) in [5.74, 6) is -0.110. The number of alkyl halides is 3. The summed E-state index contributed by atoms with van der Waals surface area (Å²) >= 11 is 0. The number of hydrogen-bond donors (Lipinski definition) is 2. The minimum absolute atomic E-state index is 0.148. The molecule has 0 aromatic heterocycles. The Bertz CT molecular complexity index is 244. The van der Waals surface area contributed by atoms with Gasteiger partial charge in [0.05, 0.1) is 19.3 Å². The van der Waals surface area contributed by atoms with Gasteiger partial charge in [0, 0.05) is 6.42 Å². The molecule has 0 spiro atoms. The molecule has 0 saturated carbocycles. The van der Waals surface area contributed by atoms with Gasteiger partial charge in [-0.05, 0) is 12.3 Å². The number of aliphatic hydroxyl groups excluding tert-OH is 1. The molecule has 0 aliphatic heterocycles. The molecular formula is C11H20F3NO3. The van der Waals surface area contributed by atoms with Crippen LogP contribution in [0.1, 0.15) is 26.7 Å². The maximum Gasteiger partial charge on any atom is 0.411 e. The third-order valence-electron chi connectivity index (χ3n) is 2.08. The number of amides is 1. The lowest BCUT2D eigenvalue weighted by Gasteiger charge is -2.18. The highest BCUT2D eigenvalue weighted by atomic mass is 19.4. The van der Waals surface area contributed by atoms with Gasteiger partial charge in [-0.2, -0.15) is 13.2 Å². The standard InChI is InChI=1S/C11H20F3NO3/c1-8(2)5-9(6-16)15-10(17)3-4-18-7-11(12,13)14/h8-9,16H,3-7H2,1-2H3,(H,15,17). The average molecular weight is 271 g/mol. The van der Waals surface area contributed by atoms with Gasteiger partial charge >= 0.3 is 6.18 Å². The average Bonchev–Trinajstić information content (AvgIpc) is 2.21. The van der Waals surface area contributed by atoms with E-state index < -0.39 is 18.7 Å². The normalized spacial score (nSPS) is 13.7. The van der Waals surface area contributed by atoms with Crippen molar-refractivity contribution >= 4 is 5.91 Å². The quantitative estimate of drug-likeness (QED) is 0.657. The number of carbonyl (C=O) groups is 1. The molecule has 0 saturated heterocycles. The SMILES string of the molecule is CC(C)CC(CO)NC(=O)CCOCC(F)(F)F. The van der Waals surface area contributed by atoms with Gasteiger partial charge in [-0.1, -0.05) is 13.8 Å². The van der Waals surface area contributed by atoms with Crippen LogP contribution in [0.25, 0.3) is 0 Å². The Balaban J connectivity index is 3.75. The Morgan fingerprint density at radius 1 is 1.39 bits per heavy atom. The molecule has 0 aliphatic carbocycles. The third kappa shape index (κ3) is 10.3. The Kier molecular flexibility index (Phi) is 7.93. The van der Waals surface area contributed by atoms with Crippen molar-refractivity contribution in [2.45, 2.75) is 38.9 Å². The highest BCUT2D eigenvalue weighted by Gasteiger charge is 2.27. The van der Waals surface area contributed by atoms with Crippen LogP contribution in [0.5, 0.6) is 0 Å². The monoisotopic (exact) mass is 271 g/mol. The first-order chi connectivity index (χ1) is 8.24. The van der Waals surface area contributed by atoms with Crippen LogP contribution >= 0.6 is 0 Å². The zero-order valence-corrected chi connectivity index (χ0v) is 10.6. The Labute approximate surface area is 105 Å². The minimum Gasteiger partial charge on any atom is -0.394 e. The molecule has 2 N–H and O–H groups in total. The van der Waals surface area contributed by atoms with E-state index in [4.69, 9.17) is 5.11 Å². The first kappa shape index (κ1) is 17.2. The molecule has 0 aromatic carbocycles. The first-order valence-corrected chi connectivity index (χ1v) is 5.79. The summed E-state index contributed by atoms with van der Waals surface area (Å²) in [5.41, 5.74) is 0. The minimum atomic E-state index is -4.37. The van der Waals surface area contributed by atoms with Crippen LogP contribution in [0.15, 0.2) is 0 Å². The predicted molar refractivity (Wildman–Crippen MR) is 60.0 cm³/mol. The van der Waals surface area contributed by atoms with Crippen LogP contribution in [0.4, 0.5) is 13.2 Å². The second kappa shape index (κ2) is 8.31. The lowest BCUT2D eigenvalue weighted by molar-refractivity contribution is -0.174. The smallest absolute Gasteiger partial charge is 0.394 e. The molecular weight excluding hydrogens is 251 g/mol. The zero-order valence-electron chi connectivity index (χ0n) is 10.6. The second-order valence-electron chi connectivity index (χ2n) is 4.49. The molecule has 0 aromatic rings. The molecule has 1 unspecified atom stereocenters. The van der Waals surface area contributed by atoms with E-state index in [0.29, 0.717) is 12.3 Å². The Morgan fingerprint density at radius 2 is 2.00 bits per heavy atom. The maximum absolute atomic E-state index is 11.7. The van der Waals surface area contributed by atoms with E-state index in [1.807, 2.05) is 13.8 Å². The molecule has 1 amide bonds. The van der Waals surface area contributed by atoms with Crippen LogP contribution in [-0.4, -0.2) is 43.1 Å². The van der Waals surface area contributed by atoms with Gasteiger partial charge < -0.3 is 15.2 Å². The van der Waals surface area contributed by atoms with E-state index in [-0.39, 0.29) is 25.7 Å². The first-order valence-electron chi connectivity index (χ1n) is 5.79. The lowest BCUT2D eigenvalue weighted by Crippen LogP contribution is -2.38. The topological polar surface area (TPSA) is 58.6 Å². The summed E-state index contributed by atoms with van der Waals surface area (Å²) in [7, 11) is 0. The Hall–Kier alpha value is -0.820. The van der Waals surface area contributed by atoms with Gasteiger partial charge in [-0.3, -0.25) is 4.79 Å². The number of rotatable bonds is 8. The van der Waals surface area contributed by atoms with Crippen molar-refractivity contribution in [3.05, 3.63) is 0 Å². The fraction of sp³-hybridized carbons (Fsp3) is 0.909. The third-order valence-corrected chi connectivity index (χ3v) is 2.08. The zero-order chi connectivity index (χ0) is 14.2. The molecule has 18 heavy (non-hydrogen) atoms. The van der Waals surface area contributed by atoms with E-state index in [1.54, 1.807) is 0 Å². The summed E-state index contributed by atoms with van der Waals surface area (Å²) in [6.45, 7) is 2.07. The fourth-order valence-corrected chi connectivity index (χ4v) is 1.40. The van der Waals surface area contributed by atoms with Crippen LogP contribution in [0, 0.1) is 5.92 Å². The van der Waals surface area contributed by atoms with Crippen molar-refractivity contribution in [1.82, 2.24) is 5.32 Å². The van der Waals surface area contributed by atoms with E-state index >= 15 is 0 Å². The summed E-state index contributed by atoms with van der Waals surface area (Å²) < 4.78 is 39.5. The van der Waals surface area contributed by atoms with Crippen molar-refractivity contribution in [3.63, 3.8) is 0 Å². The number of nitrogens with one attached hydrogen (secondary N) is 1. The van der Waals surface area contributed by atoms with E-state index in [9.17, 15) is 18.0 Å². The van der Waals surface area contributed by atoms with E-state index in [2.05, 4.69) is 10.1 Å². The van der Waals surface area contributed by atoms with Crippen molar-refractivity contribution < 1.29 is 27.8 Å². The number of aliphatic hydroxyl groups is 1. The van der Waals surface area contributed by atoms with Crippen molar-refractivity contribution in [2.24, 2.45) is 5.92 Å². The number of hydrogen-bond acceptors (Lipinski definition) is 3. The van der Waals surface area contributed by atoms with Crippen molar-refractivity contribution in [3.8, 4) is 0 Å². The summed E-state index contributed by atoms with van der Waals surface area (Å²) in [4.78, 5) is 11.3. The molecule has 7 heteroatoms. The predicted octanol–water partition coefficient (Wildman–Crippen LogP) is 1.48. The van der Waals surface area contributed by atoms with Crippen LogP contribution in [0.3, 0.4) is 0 Å². The molecule has 108 valence electrons. The summed E-state index contributed by atoms with van der Waals surface area (Å²) in [5, 5.41) is 11.6. The molecule has 1 atom stereocenters. The highest BCUT2D eigenvalue weighted by Crippen LogP contribution is 2.14. The van der Waals surface area contributed by atoms with E-state index in [0.717, 1.165) is 0 Å². The number of ether oxygens (including phenoxy) is 1. The second-order valence-corrected chi connectivity index (χ2v) is 4.49. The molecule has 0 heterocycles.